The fourth-order valence-electron chi connectivity index (χ4n) is 1.32. The summed E-state index contributed by atoms with van der Waals surface area (Å²) in [5.74, 6) is 0.574. The zero-order valence-corrected chi connectivity index (χ0v) is 11.3. The van der Waals surface area contributed by atoms with Crippen LogP contribution in [0.2, 0.25) is 0 Å². The van der Waals surface area contributed by atoms with Gasteiger partial charge in [0.05, 0.1) is 5.69 Å². The van der Waals surface area contributed by atoms with Crippen molar-refractivity contribution in [2.45, 2.75) is 19.9 Å². The Morgan fingerprint density at radius 3 is 2.72 bits per heavy atom. The first-order valence-electron chi connectivity index (χ1n) is 5.66. The molecule has 0 saturated heterocycles. The molecule has 0 amide bonds. The van der Waals surface area contributed by atoms with Crippen LogP contribution < -0.4 is 19.9 Å². The molecule has 0 bridgehead atoms. The van der Waals surface area contributed by atoms with Gasteiger partial charge in [0.1, 0.15) is 12.4 Å². The van der Waals surface area contributed by atoms with Gasteiger partial charge in [-0.05, 0) is 26.0 Å². The van der Waals surface area contributed by atoms with Gasteiger partial charge in [-0.25, -0.2) is 0 Å². The number of nitrogens with two attached hydrogens (primary N) is 1. The molecule has 0 heterocycles. The molecule has 0 aromatic heterocycles. The van der Waals surface area contributed by atoms with Crippen molar-refractivity contribution in [3.8, 4) is 5.75 Å². The molecule has 0 fully saturated rings. The molecule has 1 aromatic rings. The van der Waals surface area contributed by atoms with E-state index in [-0.39, 0.29) is 6.04 Å². The molecular formula is C11H19N3O3S. The third-order valence-electron chi connectivity index (χ3n) is 1.86. The summed E-state index contributed by atoms with van der Waals surface area (Å²) < 4.78 is 33.5. The van der Waals surface area contributed by atoms with E-state index in [2.05, 4.69) is 9.44 Å². The van der Waals surface area contributed by atoms with Crippen molar-refractivity contribution in [2.24, 2.45) is 5.73 Å². The van der Waals surface area contributed by atoms with Gasteiger partial charge in [-0.2, -0.15) is 13.1 Å². The molecule has 102 valence electrons. The average Bonchev–Trinajstić information content (AvgIpc) is 2.24. The van der Waals surface area contributed by atoms with E-state index in [1.165, 1.54) is 0 Å². The van der Waals surface area contributed by atoms with Crippen LogP contribution in [0.1, 0.15) is 13.8 Å². The smallest absolute Gasteiger partial charge is 0.299 e. The minimum Gasteiger partial charge on any atom is -0.492 e. The molecule has 18 heavy (non-hydrogen) atoms. The van der Waals surface area contributed by atoms with E-state index in [4.69, 9.17) is 10.5 Å². The number of hydrogen-bond donors (Lipinski definition) is 3. The molecule has 0 spiro atoms. The predicted octanol–water partition coefficient (Wildman–Crippen LogP) is 0.679. The van der Waals surface area contributed by atoms with E-state index < -0.39 is 10.2 Å². The molecule has 1 aromatic carbocycles. The van der Waals surface area contributed by atoms with Crippen molar-refractivity contribution >= 4 is 15.9 Å². The van der Waals surface area contributed by atoms with Crippen LogP contribution in [0.5, 0.6) is 5.75 Å². The maximum absolute atomic E-state index is 11.7. The van der Waals surface area contributed by atoms with Crippen molar-refractivity contribution in [2.75, 3.05) is 17.9 Å². The Morgan fingerprint density at radius 2 is 2.11 bits per heavy atom. The zero-order chi connectivity index (χ0) is 13.6. The minimum absolute atomic E-state index is 0.167. The highest BCUT2D eigenvalue weighted by Gasteiger charge is 2.11. The van der Waals surface area contributed by atoms with Gasteiger partial charge in [0.25, 0.3) is 10.2 Å². The van der Waals surface area contributed by atoms with Crippen LogP contribution in [-0.2, 0) is 10.2 Å². The molecule has 0 radical (unpaired) electrons. The highest BCUT2D eigenvalue weighted by molar-refractivity contribution is 7.90. The van der Waals surface area contributed by atoms with Crippen LogP contribution in [0, 0.1) is 0 Å². The molecule has 1 rings (SSSR count). The van der Waals surface area contributed by atoms with E-state index in [0.717, 1.165) is 0 Å². The van der Waals surface area contributed by atoms with Crippen molar-refractivity contribution < 1.29 is 13.2 Å². The Morgan fingerprint density at radius 1 is 1.39 bits per heavy atom. The van der Waals surface area contributed by atoms with Crippen molar-refractivity contribution in [3.63, 3.8) is 0 Å². The van der Waals surface area contributed by atoms with Crippen LogP contribution in [0.4, 0.5) is 5.69 Å². The van der Waals surface area contributed by atoms with Gasteiger partial charge in [-0.3, -0.25) is 4.72 Å². The van der Waals surface area contributed by atoms with Crippen LogP contribution >= 0.6 is 0 Å². The largest absolute Gasteiger partial charge is 0.492 e. The summed E-state index contributed by atoms with van der Waals surface area (Å²) in [6.07, 6.45) is 0. The predicted molar refractivity (Wildman–Crippen MR) is 71.8 cm³/mol. The molecule has 0 unspecified atom stereocenters. The highest BCUT2D eigenvalue weighted by atomic mass is 32.2. The Labute approximate surface area is 108 Å². The summed E-state index contributed by atoms with van der Waals surface area (Å²) in [6.45, 7) is 4.30. The number of rotatable bonds is 7. The van der Waals surface area contributed by atoms with E-state index in [1.54, 1.807) is 38.1 Å². The Bertz CT molecular complexity index is 474. The molecule has 0 saturated carbocycles. The molecule has 7 heteroatoms. The van der Waals surface area contributed by atoms with Crippen LogP contribution in [0.3, 0.4) is 0 Å². The summed E-state index contributed by atoms with van der Waals surface area (Å²) >= 11 is 0. The van der Waals surface area contributed by atoms with Crippen LogP contribution in [-0.4, -0.2) is 27.6 Å². The summed E-state index contributed by atoms with van der Waals surface area (Å²) in [4.78, 5) is 0. The van der Waals surface area contributed by atoms with E-state index >= 15 is 0 Å². The Kier molecular flexibility index (Phi) is 5.39. The fourth-order valence-corrected chi connectivity index (χ4v) is 2.44. The third-order valence-corrected chi connectivity index (χ3v) is 3.15. The van der Waals surface area contributed by atoms with Gasteiger partial charge in [0.2, 0.25) is 0 Å². The van der Waals surface area contributed by atoms with E-state index in [9.17, 15) is 8.42 Å². The second kappa shape index (κ2) is 6.58. The molecule has 6 nitrogen and oxygen atoms in total. The average molecular weight is 273 g/mol. The zero-order valence-electron chi connectivity index (χ0n) is 10.5. The van der Waals surface area contributed by atoms with E-state index in [0.29, 0.717) is 24.6 Å². The Balaban J connectivity index is 2.72. The lowest BCUT2D eigenvalue weighted by Gasteiger charge is -2.12. The second-order valence-corrected chi connectivity index (χ2v) is 5.49. The number of ether oxygens (including phenoxy) is 1. The first-order chi connectivity index (χ1) is 8.43. The summed E-state index contributed by atoms with van der Waals surface area (Å²) in [5, 5.41) is 0. The number of nitrogens with one attached hydrogen (secondary N) is 2. The number of hydrogen-bond acceptors (Lipinski definition) is 4. The van der Waals surface area contributed by atoms with Crippen molar-refractivity contribution in [3.05, 3.63) is 24.3 Å². The molecule has 0 aliphatic heterocycles. The summed E-state index contributed by atoms with van der Waals surface area (Å²) in [7, 11) is -3.55. The lowest BCUT2D eigenvalue weighted by atomic mass is 10.3. The van der Waals surface area contributed by atoms with Crippen molar-refractivity contribution in [1.29, 1.82) is 0 Å². The first kappa shape index (κ1) is 14.7. The van der Waals surface area contributed by atoms with Gasteiger partial charge in [0.15, 0.2) is 0 Å². The lowest BCUT2D eigenvalue weighted by Crippen LogP contribution is -2.35. The molecule has 4 N–H and O–H groups in total. The highest BCUT2D eigenvalue weighted by Crippen LogP contribution is 2.17. The SMILES string of the molecule is CC(C)NS(=O)(=O)Nc1cccc(OCCN)c1. The number of anilines is 1. The Hall–Kier alpha value is -1.31. The lowest BCUT2D eigenvalue weighted by molar-refractivity contribution is 0.328. The topological polar surface area (TPSA) is 93.5 Å². The first-order valence-corrected chi connectivity index (χ1v) is 7.14. The van der Waals surface area contributed by atoms with Gasteiger partial charge in [-0.15, -0.1) is 0 Å². The maximum Gasteiger partial charge on any atom is 0.299 e. The molecule has 0 atom stereocenters. The van der Waals surface area contributed by atoms with Crippen LogP contribution in [0.25, 0.3) is 0 Å². The summed E-state index contributed by atoms with van der Waals surface area (Å²) in [5.41, 5.74) is 5.77. The third kappa shape index (κ3) is 5.35. The van der Waals surface area contributed by atoms with E-state index in [1.807, 2.05) is 0 Å². The maximum atomic E-state index is 11.7. The fraction of sp³-hybridized carbons (Fsp3) is 0.455. The number of benzene rings is 1. The quantitative estimate of drug-likeness (QED) is 0.681. The monoisotopic (exact) mass is 273 g/mol. The minimum atomic E-state index is -3.55. The van der Waals surface area contributed by atoms with Gasteiger partial charge in [-0.1, -0.05) is 6.07 Å². The molecule has 0 aliphatic rings. The van der Waals surface area contributed by atoms with Crippen LogP contribution in [0.15, 0.2) is 24.3 Å². The molecular weight excluding hydrogens is 254 g/mol. The summed E-state index contributed by atoms with van der Waals surface area (Å²) in [6, 6.07) is 6.53. The normalized spacial score (nSPS) is 11.6. The second-order valence-electron chi connectivity index (χ2n) is 4.04. The standard InChI is InChI=1S/C11H19N3O3S/c1-9(2)13-18(15,16)14-10-4-3-5-11(8-10)17-7-6-12/h3-5,8-9,13-14H,6-7,12H2,1-2H3. The van der Waals surface area contributed by atoms with Gasteiger partial charge < -0.3 is 10.5 Å². The van der Waals surface area contributed by atoms with Gasteiger partial charge in [0, 0.05) is 18.7 Å². The molecule has 0 aliphatic carbocycles. The van der Waals surface area contributed by atoms with Gasteiger partial charge >= 0.3 is 0 Å². The van der Waals surface area contributed by atoms with Crippen molar-refractivity contribution in [1.82, 2.24) is 4.72 Å².